The number of carbonyl (C=O) groups excluding carboxylic acids is 2. The number of hydrogen-bond acceptors (Lipinski definition) is 4. The van der Waals surface area contributed by atoms with Crippen molar-refractivity contribution >= 4 is 11.9 Å². The SMILES string of the molecule is CCOC(=O)/C=C\C(=O)OCCC1CCCCC1. The molecule has 0 aromatic rings. The molecule has 0 saturated heterocycles. The van der Waals surface area contributed by atoms with Crippen LogP contribution in [-0.4, -0.2) is 25.2 Å². The van der Waals surface area contributed by atoms with Gasteiger partial charge in [-0.3, -0.25) is 0 Å². The molecule has 0 heterocycles. The molecule has 0 N–H and O–H groups in total. The number of rotatable bonds is 6. The lowest BCUT2D eigenvalue weighted by Gasteiger charge is -2.20. The molecule has 0 aromatic heterocycles. The van der Waals surface area contributed by atoms with Crippen LogP contribution in [0.5, 0.6) is 0 Å². The maximum Gasteiger partial charge on any atom is 0.331 e. The number of carbonyl (C=O) groups is 2. The van der Waals surface area contributed by atoms with E-state index in [4.69, 9.17) is 4.74 Å². The summed E-state index contributed by atoms with van der Waals surface area (Å²) in [4.78, 5) is 22.2. The molecule has 1 aliphatic rings. The minimum absolute atomic E-state index is 0.305. The lowest BCUT2D eigenvalue weighted by atomic mass is 9.87. The highest BCUT2D eigenvalue weighted by molar-refractivity contribution is 5.91. The summed E-state index contributed by atoms with van der Waals surface area (Å²) in [5, 5.41) is 0. The van der Waals surface area contributed by atoms with E-state index in [1.54, 1.807) is 6.92 Å². The summed E-state index contributed by atoms with van der Waals surface area (Å²) >= 11 is 0. The minimum atomic E-state index is -0.512. The molecule has 0 radical (unpaired) electrons. The summed E-state index contributed by atoms with van der Waals surface area (Å²) in [5.74, 6) is -0.291. The van der Waals surface area contributed by atoms with Gasteiger partial charge in [-0.15, -0.1) is 0 Å². The largest absolute Gasteiger partial charge is 0.463 e. The van der Waals surface area contributed by atoms with E-state index in [9.17, 15) is 9.59 Å². The van der Waals surface area contributed by atoms with E-state index < -0.39 is 11.9 Å². The maximum absolute atomic E-state index is 11.3. The van der Waals surface area contributed by atoms with E-state index in [0.29, 0.717) is 19.1 Å². The van der Waals surface area contributed by atoms with Crippen molar-refractivity contribution in [2.45, 2.75) is 45.4 Å². The van der Waals surface area contributed by atoms with Crippen molar-refractivity contribution < 1.29 is 19.1 Å². The summed E-state index contributed by atoms with van der Waals surface area (Å²) in [6.45, 7) is 2.46. The molecule has 0 unspecified atom stereocenters. The summed E-state index contributed by atoms with van der Waals surface area (Å²) in [6.07, 6.45) is 9.57. The third-order valence-corrected chi connectivity index (χ3v) is 3.14. The second kappa shape index (κ2) is 8.72. The van der Waals surface area contributed by atoms with E-state index in [0.717, 1.165) is 18.6 Å². The fourth-order valence-corrected chi connectivity index (χ4v) is 2.18. The summed E-state index contributed by atoms with van der Waals surface area (Å²) < 4.78 is 9.70. The zero-order valence-corrected chi connectivity index (χ0v) is 11.0. The Labute approximate surface area is 108 Å². The fourth-order valence-electron chi connectivity index (χ4n) is 2.18. The molecule has 4 heteroatoms. The molecular formula is C14H22O4. The Bertz CT molecular complexity index is 290. The zero-order chi connectivity index (χ0) is 13.2. The van der Waals surface area contributed by atoms with E-state index in [1.165, 1.54) is 32.1 Å². The van der Waals surface area contributed by atoms with Gasteiger partial charge < -0.3 is 9.47 Å². The first kappa shape index (κ1) is 14.7. The van der Waals surface area contributed by atoms with Crippen molar-refractivity contribution in [2.24, 2.45) is 5.92 Å². The Kier molecular flexibility index (Phi) is 7.14. The van der Waals surface area contributed by atoms with Gasteiger partial charge >= 0.3 is 11.9 Å². The highest BCUT2D eigenvalue weighted by atomic mass is 16.5. The monoisotopic (exact) mass is 254 g/mol. The molecule has 0 aromatic carbocycles. The predicted octanol–water partition coefficient (Wildman–Crippen LogP) is 2.62. The Hall–Kier alpha value is -1.32. The first-order valence-corrected chi connectivity index (χ1v) is 6.74. The maximum atomic E-state index is 11.3. The first-order valence-electron chi connectivity index (χ1n) is 6.74. The summed E-state index contributed by atoms with van der Waals surface area (Å²) in [5.41, 5.74) is 0. The van der Waals surface area contributed by atoms with Crippen molar-refractivity contribution in [1.82, 2.24) is 0 Å². The van der Waals surface area contributed by atoms with E-state index in [1.807, 2.05) is 0 Å². The van der Waals surface area contributed by atoms with Crippen LogP contribution in [-0.2, 0) is 19.1 Å². The highest BCUT2D eigenvalue weighted by Gasteiger charge is 2.13. The van der Waals surface area contributed by atoms with Crippen LogP contribution in [0.4, 0.5) is 0 Å². The summed E-state index contributed by atoms with van der Waals surface area (Å²) in [7, 11) is 0. The average molecular weight is 254 g/mol. The Balaban J connectivity index is 2.10. The van der Waals surface area contributed by atoms with Gasteiger partial charge in [0.2, 0.25) is 0 Å². The second-order valence-corrected chi connectivity index (χ2v) is 4.55. The Morgan fingerprint density at radius 2 is 1.67 bits per heavy atom. The van der Waals surface area contributed by atoms with E-state index in [-0.39, 0.29) is 0 Å². The van der Waals surface area contributed by atoms with Gasteiger partial charge in [0.25, 0.3) is 0 Å². The van der Waals surface area contributed by atoms with Crippen LogP contribution in [0.1, 0.15) is 45.4 Å². The van der Waals surface area contributed by atoms with Crippen LogP contribution in [0, 0.1) is 5.92 Å². The van der Waals surface area contributed by atoms with Gasteiger partial charge in [-0.25, -0.2) is 9.59 Å². The lowest BCUT2D eigenvalue weighted by Crippen LogP contribution is -2.11. The molecule has 1 fully saturated rings. The van der Waals surface area contributed by atoms with Crippen LogP contribution >= 0.6 is 0 Å². The zero-order valence-electron chi connectivity index (χ0n) is 11.0. The van der Waals surface area contributed by atoms with Crippen molar-refractivity contribution in [3.05, 3.63) is 12.2 Å². The van der Waals surface area contributed by atoms with Crippen LogP contribution in [0.2, 0.25) is 0 Å². The van der Waals surface area contributed by atoms with Gasteiger partial charge in [-0.2, -0.15) is 0 Å². The molecule has 0 amide bonds. The van der Waals surface area contributed by atoms with Crippen molar-refractivity contribution in [1.29, 1.82) is 0 Å². The quantitative estimate of drug-likeness (QED) is 0.540. The molecule has 0 atom stereocenters. The smallest absolute Gasteiger partial charge is 0.331 e. The van der Waals surface area contributed by atoms with Crippen LogP contribution in [0.15, 0.2) is 12.2 Å². The van der Waals surface area contributed by atoms with Gasteiger partial charge in [-0.05, 0) is 19.3 Å². The molecule has 1 saturated carbocycles. The van der Waals surface area contributed by atoms with Crippen LogP contribution in [0.25, 0.3) is 0 Å². The third-order valence-electron chi connectivity index (χ3n) is 3.14. The molecule has 0 bridgehead atoms. The van der Waals surface area contributed by atoms with Gasteiger partial charge in [0.15, 0.2) is 0 Å². The first-order chi connectivity index (χ1) is 8.72. The highest BCUT2D eigenvalue weighted by Crippen LogP contribution is 2.25. The van der Waals surface area contributed by atoms with Gasteiger partial charge in [0.1, 0.15) is 0 Å². The van der Waals surface area contributed by atoms with Gasteiger partial charge in [0.05, 0.1) is 13.2 Å². The molecular weight excluding hydrogens is 232 g/mol. The molecule has 0 spiro atoms. The minimum Gasteiger partial charge on any atom is -0.463 e. The van der Waals surface area contributed by atoms with E-state index >= 15 is 0 Å². The number of ether oxygens (including phenoxy) is 2. The average Bonchev–Trinajstić information content (AvgIpc) is 2.38. The predicted molar refractivity (Wildman–Crippen MR) is 67.9 cm³/mol. The number of hydrogen-bond donors (Lipinski definition) is 0. The molecule has 1 rings (SSSR count). The lowest BCUT2D eigenvalue weighted by molar-refractivity contribution is -0.140. The van der Waals surface area contributed by atoms with E-state index in [2.05, 4.69) is 4.74 Å². The second-order valence-electron chi connectivity index (χ2n) is 4.55. The normalized spacial score (nSPS) is 16.7. The summed E-state index contributed by atoms with van der Waals surface area (Å²) in [6, 6.07) is 0. The molecule has 1 aliphatic carbocycles. The van der Waals surface area contributed by atoms with Gasteiger partial charge in [0, 0.05) is 12.2 Å². The van der Waals surface area contributed by atoms with Crippen molar-refractivity contribution in [3.8, 4) is 0 Å². The topological polar surface area (TPSA) is 52.6 Å². The fraction of sp³-hybridized carbons (Fsp3) is 0.714. The molecule has 4 nitrogen and oxygen atoms in total. The Morgan fingerprint density at radius 1 is 1.06 bits per heavy atom. The van der Waals surface area contributed by atoms with Gasteiger partial charge in [-0.1, -0.05) is 32.1 Å². The van der Waals surface area contributed by atoms with Crippen LogP contribution in [0.3, 0.4) is 0 Å². The van der Waals surface area contributed by atoms with Crippen molar-refractivity contribution in [2.75, 3.05) is 13.2 Å². The Morgan fingerprint density at radius 3 is 2.28 bits per heavy atom. The number of esters is 2. The third kappa shape index (κ3) is 6.42. The molecule has 0 aliphatic heterocycles. The molecule has 102 valence electrons. The van der Waals surface area contributed by atoms with Crippen LogP contribution < -0.4 is 0 Å². The van der Waals surface area contributed by atoms with Crippen molar-refractivity contribution in [3.63, 3.8) is 0 Å². The molecule has 18 heavy (non-hydrogen) atoms. The standard InChI is InChI=1S/C14H22O4/c1-2-17-13(15)8-9-14(16)18-11-10-12-6-4-3-5-7-12/h8-9,12H,2-7,10-11H2,1H3/b9-8-.